The molecule has 4 atom stereocenters. The van der Waals surface area contributed by atoms with E-state index in [1.165, 1.54) is 5.56 Å². The highest BCUT2D eigenvalue weighted by Gasteiger charge is 2.43. The van der Waals surface area contributed by atoms with Gasteiger partial charge in [-0.1, -0.05) is 70.9 Å². The lowest BCUT2D eigenvalue weighted by Gasteiger charge is -2.44. The van der Waals surface area contributed by atoms with Crippen molar-refractivity contribution in [3.63, 3.8) is 0 Å². The van der Waals surface area contributed by atoms with Crippen molar-refractivity contribution in [3.8, 4) is 0 Å². The number of ether oxygens (including phenoxy) is 1. The Morgan fingerprint density at radius 3 is 2.46 bits per heavy atom. The van der Waals surface area contributed by atoms with Crippen LogP contribution in [0.2, 0.25) is 0 Å². The van der Waals surface area contributed by atoms with Crippen LogP contribution in [0, 0.1) is 17.8 Å². The zero-order valence-corrected chi connectivity index (χ0v) is 16.4. The Kier molecular flexibility index (Phi) is 6.85. The van der Waals surface area contributed by atoms with Gasteiger partial charge >= 0.3 is 11.9 Å². The summed E-state index contributed by atoms with van der Waals surface area (Å²) in [6.45, 7) is 8.45. The van der Waals surface area contributed by atoms with Gasteiger partial charge in [0, 0.05) is 5.92 Å². The molecule has 0 heterocycles. The third-order valence-electron chi connectivity index (χ3n) is 5.93. The fraction of sp³-hybridized carbons (Fsp3) is 0.636. The molecule has 2 rings (SSSR count). The van der Waals surface area contributed by atoms with E-state index in [0.29, 0.717) is 18.8 Å². The SMILES string of the molecule is CCCC(C(=O)O)C(=O)O[C@@H]1C[C@H](C)CC[C@H]1C(C)(C)c1ccccc1. The number of carbonyl (C=O) groups excluding carboxylic acids is 1. The molecule has 1 N–H and O–H groups in total. The first-order chi connectivity index (χ1) is 12.3. The Hall–Kier alpha value is -1.84. The Bertz CT molecular complexity index is 608. The van der Waals surface area contributed by atoms with Gasteiger partial charge in [-0.2, -0.15) is 0 Å². The number of benzene rings is 1. The van der Waals surface area contributed by atoms with E-state index in [9.17, 15) is 14.7 Å². The van der Waals surface area contributed by atoms with Gasteiger partial charge in [0.05, 0.1) is 0 Å². The van der Waals surface area contributed by atoms with Gasteiger partial charge in [0.15, 0.2) is 5.92 Å². The van der Waals surface area contributed by atoms with Crippen molar-refractivity contribution in [3.05, 3.63) is 35.9 Å². The standard InChI is InChI=1S/C22H32O4/c1-5-9-17(20(23)24)21(25)26-19-14-15(2)12-13-18(19)22(3,4)16-10-7-6-8-11-16/h6-8,10-11,15,17-19H,5,9,12-14H2,1-4H3,(H,23,24)/t15-,17?,18-,19-/m1/s1. The van der Waals surface area contributed by atoms with Gasteiger partial charge < -0.3 is 9.84 Å². The second-order valence-corrected chi connectivity index (χ2v) is 8.27. The Morgan fingerprint density at radius 2 is 1.88 bits per heavy atom. The third-order valence-corrected chi connectivity index (χ3v) is 5.93. The maximum Gasteiger partial charge on any atom is 0.320 e. The molecule has 1 saturated carbocycles. The summed E-state index contributed by atoms with van der Waals surface area (Å²) in [4.78, 5) is 24.0. The summed E-state index contributed by atoms with van der Waals surface area (Å²) in [5.41, 5.74) is 1.08. The van der Waals surface area contributed by atoms with Gasteiger partial charge in [-0.05, 0) is 36.2 Å². The van der Waals surface area contributed by atoms with Gasteiger partial charge in [0.2, 0.25) is 0 Å². The van der Waals surface area contributed by atoms with Crippen molar-refractivity contribution in [2.24, 2.45) is 17.8 Å². The van der Waals surface area contributed by atoms with E-state index in [-0.39, 0.29) is 17.4 Å². The van der Waals surface area contributed by atoms with Crippen molar-refractivity contribution in [1.82, 2.24) is 0 Å². The molecule has 4 heteroatoms. The first-order valence-electron chi connectivity index (χ1n) is 9.76. The lowest BCUT2D eigenvalue weighted by atomic mass is 9.64. The number of esters is 1. The highest BCUT2D eigenvalue weighted by Crippen LogP contribution is 2.43. The second kappa shape index (κ2) is 8.70. The van der Waals surface area contributed by atoms with Crippen LogP contribution < -0.4 is 0 Å². The monoisotopic (exact) mass is 360 g/mol. The van der Waals surface area contributed by atoms with E-state index in [4.69, 9.17) is 4.74 Å². The summed E-state index contributed by atoms with van der Waals surface area (Å²) < 4.78 is 5.84. The minimum Gasteiger partial charge on any atom is -0.481 e. The predicted molar refractivity (Wildman–Crippen MR) is 102 cm³/mol. The zero-order chi connectivity index (χ0) is 19.3. The van der Waals surface area contributed by atoms with E-state index in [1.54, 1.807) is 0 Å². The van der Waals surface area contributed by atoms with Crippen molar-refractivity contribution in [2.75, 3.05) is 0 Å². The Balaban J connectivity index is 2.22. The molecule has 0 spiro atoms. The highest BCUT2D eigenvalue weighted by molar-refractivity contribution is 5.93. The van der Waals surface area contributed by atoms with E-state index < -0.39 is 17.9 Å². The quantitative estimate of drug-likeness (QED) is 0.560. The lowest BCUT2D eigenvalue weighted by Crippen LogP contribution is -2.44. The molecule has 0 aliphatic heterocycles. The summed E-state index contributed by atoms with van der Waals surface area (Å²) >= 11 is 0. The van der Waals surface area contributed by atoms with Crippen LogP contribution in [0.5, 0.6) is 0 Å². The molecule has 0 radical (unpaired) electrons. The van der Waals surface area contributed by atoms with E-state index in [2.05, 4.69) is 32.9 Å². The maximum absolute atomic E-state index is 12.6. The van der Waals surface area contributed by atoms with Crippen LogP contribution in [0.4, 0.5) is 0 Å². The minimum atomic E-state index is -1.08. The number of carbonyl (C=O) groups is 2. The van der Waals surface area contributed by atoms with E-state index in [1.807, 2.05) is 25.1 Å². The molecule has 1 aliphatic carbocycles. The number of hydrogen-bond acceptors (Lipinski definition) is 3. The topological polar surface area (TPSA) is 63.6 Å². The van der Waals surface area contributed by atoms with Crippen LogP contribution in [0.1, 0.15) is 65.4 Å². The number of aliphatic carboxylic acids is 1. The average Bonchev–Trinajstić information content (AvgIpc) is 2.59. The van der Waals surface area contributed by atoms with Gasteiger partial charge in [-0.3, -0.25) is 9.59 Å². The van der Waals surface area contributed by atoms with Crippen molar-refractivity contribution in [2.45, 2.75) is 71.3 Å². The molecule has 1 fully saturated rings. The van der Waals surface area contributed by atoms with Gasteiger partial charge in [-0.25, -0.2) is 0 Å². The predicted octanol–water partition coefficient (Wildman–Crippen LogP) is 4.81. The largest absolute Gasteiger partial charge is 0.481 e. The van der Waals surface area contributed by atoms with Crippen LogP contribution in [-0.2, 0) is 19.7 Å². The first-order valence-corrected chi connectivity index (χ1v) is 9.76. The van der Waals surface area contributed by atoms with Crippen LogP contribution in [0.15, 0.2) is 30.3 Å². The summed E-state index contributed by atoms with van der Waals surface area (Å²) in [6, 6.07) is 10.3. The lowest BCUT2D eigenvalue weighted by molar-refractivity contribution is -0.168. The van der Waals surface area contributed by atoms with E-state index in [0.717, 1.165) is 19.3 Å². The molecule has 4 nitrogen and oxygen atoms in total. The smallest absolute Gasteiger partial charge is 0.320 e. The fourth-order valence-electron chi connectivity index (χ4n) is 4.23. The molecule has 1 aromatic rings. The molecular weight excluding hydrogens is 328 g/mol. The maximum atomic E-state index is 12.6. The normalized spacial score (nSPS) is 24.7. The van der Waals surface area contributed by atoms with Crippen molar-refractivity contribution < 1.29 is 19.4 Å². The second-order valence-electron chi connectivity index (χ2n) is 8.27. The molecule has 1 aromatic carbocycles. The molecule has 1 aliphatic rings. The van der Waals surface area contributed by atoms with Crippen LogP contribution >= 0.6 is 0 Å². The Morgan fingerprint density at radius 1 is 1.23 bits per heavy atom. The average molecular weight is 360 g/mol. The molecule has 0 aromatic heterocycles. The van der Waals surface area contributed by atoms with Crippen LogP contribution in [-0.4, -0.2) is 23.1 Å². The summed E-state index contributed by atoms with van der Waals surface area (Å²) in [5, 5.41) is 9.36. The Labute approximate surface area is 156 Å². The molecular formula is C22H32O4. The number of rotatable bonds is 7. The van der Waals surface area contributed by atoms with Gasteiger partial charge in [-0.15, -0.1) is 0 Å². The summed E-state index contributed by atoms with van der Waals surface area (Å²) in [6.07, 6.45) is 3.61. The van der Waals surface area contributed by atoms with Crippen molar-refractivity contribution in [1.29, 1.82) is 0 Å². The van der Waals surface area contributed by atoms with Crippen molar-refractivity contribution >= 4 is 11.9 Å². The summed E-state index contributed by atoms with van der Waals surface area (Å²) in [7, 11) is 0. The summed E-state index contributed by atoms with van der Waals surface area (Å²) in [5.74, 6) is -2.06. The number of carboxylic acids is 1. The highest BCUT2D eigenvalue weighted by atomic mass is 16.5. The minimum absolute atomic E-state index is 0.143. The first kappa shape index (κ1) is 20.5. The van der Waals surface area contributed by atoms with E-state index >= 15 is 0 Å². The fourth-order valence-corrected chi connectivity index (χ4v) is 4.23. The van der Waals surface area contributed by atoms with Gasteiger partial charge in [0.25, 0.3) is 0 Å². The van der Waals surface area contributed by atoms with Crippen LogP contribution in [0.3, 0.4) is 0 Å². The number of carboxylic acid groups (broad SMARTS) is 1. The molecule has 144 valence electrons. The molecule has 0 saturated heterocycles. The molecule has 1 unspecified atom stereocenters. The van der Waals surface area contributed by atoms with Crippen LogP contribution in [0.25, 0.3) is 0 Å². The third kappa shape index (κ3) is 4.66. The zero-order valence-electron chi connectivity index (χ0n) is 16.4. The molecule has 26 heavy (non-hydrogen) atoms. The number of hydrogen-bond donors (Lipinski definition) is 1. The van der Waals surface area contributed by atoms with Gasteiger partial charge in [0.1, 0.15) is 6.10 Å². The molecule has 0 amide bonds. The molecule has 0 bridgehead atoms.